The molecule has 2 aliphatic rings. The first-order valence-corrected chi connectivity index (χ1v) is 6.93. The molecule has 0 fully saturated rings. The van der Waals surface area contributed by atoms with Crippen LogP contribution in [0.5, 0.6) is 0 Å². The lowest BCUT2D eigenvalue weighted by atomic mass is 9.94. The molecule has 0 bridgehead atoms. The van der Waals surface area contributed by atoms with Crippen LogP contribution in [0, 0.1) is 5.92 Å². The van der Waals surface area contributed by atoms with Gasteiger partial charge in [-0.2, -0.15) is 9.48 Å². The molecule has 8 heteroatoms. The van der Waals surface area contributed by atoms with Crippen LogP contribution in [0.15, 0.2) is 16.3 Å². The molecule has 22 heavy (non-hydrogen) atoms. The number of ether oxygens (including phenoxy) is 1. The van der Waals surface area contributed by atoms with Crippen molar-refractivity contribution in [2.24, 2.45) is 10.9 Å². The van der Waals surface area contributed by atoms with Crippen LogP contribution in [0.1, 0.15) is 13.3 Å². The molecule has 118 valence electrons. The van der Waals surface area contributed by atoms with Crippen molar-refractivity contribution in [2.75, 3.05) is 27.7 Å². The molecule has 2 rings (SSSR count). The fraction of sp³-hybridized carbons (Fsp3) is 0.500. The fourth-order valence-electron chi connectivity index (χ4n) is 2.50. The fourth-order valence-corrected chi connectivity index (χ4v) is 2.50. The Hall–Kier alpha value is -2.51. The summed E-state index contributed by atoms with van der Waals surface area (Å²) >= 11 is 0. The second kappa shape index (κ2) is 6.08. The minimum absolute atomic E-state index is 0.317. The molecule has 0 spiro atoms. The SMILES string of the molecule is CCC1=C(OC)C2C(=O)N(CC(=O)NC)C(=O)[N+](C)=C2N=C1. The summed E-state index contributed by atoms with van der Waals surface area (Å²) < 4.78 is 6.65. The zero-order chi connectivity index (χ0) is 16.4. The van der Waals surface area contributed by atoms with Crippen molar-refractivity contribution < 1.29 is 23.7 Å². The molecule has 8 nitrogen and oxygen atoms in total. The summed E-state index contributed by atoms with van der Waals surface area (Å²) in [6, 6.07) is -0.576. The average Bonchev–Trinajstić information content (AvgIpc) is 2.54. The molecule has 0 aliphatic carbocycles. The number of hydrogen-bond donors (Lipinski definition) is 1. The van der Waals surface area contributed by atoms with Gasteiger partial charge in [-0.25, -0.2) is 4.79 Å². The lowest BCUT2D eigenvalue weighted by Gasteiger charge is -2.28. The predicted molar refractivity (Wildman–Crippen MR) is 78.7 cm³/mol. The molecule has 0 aromatic heterocycles. The van der Waals surface area contributed by atoms with Gasteiger partial charge in [0.25, 0.3) is 11.7 Å². The maximum absolute atomic E-state index is 12.7. The maximum Gasteiger partial charge on any atom is 0.446 e. The van der Waals surface area contributed by atoms with E-state index in [4.69, 9.17) is 4.74 Å². The molecule has 1 unspecified atom stereocenters. The number of carbonyl (C=O) groups is 3. The molecule has 0 radical (unpaired) electrons. The quantitative estimate of drug-likeness (QED) is 0.725. The van der Waals surface area contributed by atoms with E-state index in [-0.39, 0.29) is 6.54 Å². The normalized spacial score (nSPS) is 21.3. The van der Waals surface area contributed by atoms with Crippen LogP contribution < -0.4 is 5.32 Å². The van der Waals surface area contributed by atoms with Crippen molar-refractivity contribution in [3.8, 4) is 0 Å². The third kappa shape index (κ3) is 2.40. The van der Waals surface area contributed by atoms with E-state index in [0.29, 0.717) is 18.0 Å². The molecule has 0 aromatic rings. The Morgan fingerprint density at radius 2 is 2.18 bits per heavy atom. The van der Waals surface area contributed by atoms with Gasteiger partial charge in [-0.15, -0.1) is 4.99 Å². The van der Waals surface area contributed by atoms with Crippen molar-refractivity contribution in [1.29, 1.82) is 0 Å². The largest absolute Gasteiger partial charge is 0.499 e. The minimum atomic E-state index is -0.794. The van der Waals surface area contributed by atoms with Gasteiger partial charge in [0, 0.05) is 12.6 Å². The number of fused-ring (bicyclic) bond motifs is 1. The van der Waals surface area contributed by atoms with Crippen LogP contribution in [-0.4, -0.2) is 67.1 Å². The first kappa shape index (κ1) is 15.9. The van der Waals surface area contributed by atoms with Gasteiger partial charge in [0.1, 0.15) is 12.0 Å². The van der Waals surface area contributed by atoms with E-state index in [1.807, 2.05) is 6.92 Å². The number of methoxy groups -OCH3 is 1. The topological polar surface area (TPSA) is 91.1 Å². The zero-order valence-corrected chi connectivity index (χ0v) is 13.0. The molecule has 4 amide bonds. The highest BCUT2D eigenvalue weighted by Crippen LogP contribution is 2.28. The Morgan fingerprint density at radius 1 is 1.50 bits per heavy atom. The molecule has 1 N–H and O–H groups in total. The third-order valence-electron chi connectivity index (χ3n) is 3.75. The molecule has 0 saturated heterocycles. The van der Waals surface area contributed by atoms with Crippen molar-refractivity contribution in [2.45, 2.75) is 13.3 Å². The number of urea groups is 1. The highest BCUT2D eigenvalue weighted by atomic mass is 16.5. The maximum atomic E-state index is 12.7. The number of dihydropyridines is 1. The zero-order valence-electron chi connectivity index (χ0n) is 13.0. The van der Waals surface area contributed by atoms with Gasteiger partial charge >= 0.3 is 11.9 Å². The highest BCUT2D eigenvalue weighted by Gasteiger charge is 2.50. The van der Waals surface area contributed by atoms with Gasteiger partial charge in [0.05, 0.1) is 14.2 Å². The number of nitrogens with one attached hydrogen (secondary N) is 1. The Labute approximate surface area is 128 Å². The van der Waals surface area contributed by atoms with Crippen molar-refractivity contribution in [3.63, 3.8) is 0 Å². The minimum Gasteiger partial charge on any atom is -0.499 e. The van der Waals surface area contributed by atoms with Gasteiger partial charge < -0.3 is 10.1 Å². The number of rotatable bonds is 4. The number of hydrogen-bond acceptors (Lipinski definition) is 5. The molecule has 0 saturated carbocycles. The summed E-state index contributed by atoms with van der Waals surface area (Å²) in [6.07, 6.45) is 2.26. The monoisotopic (exact) mass is 307 g/mol. The number of amidine groups is 1. The number of imide groups is 1. The highest BCUT2D eigenvalue weighted by molar-refractivity contribution is 6.16. The van der Waals surface area contributed by atoms with Crippen LogP contribution in [0.25, 0.3) is 0 Å². The predicted octanol–water partition coefficient (Wildman–Crippen LogP) is -0.253. The van der Waals surface area contributed by atoms with Gasteiger partial charge in [0.2, 0.25) is 0 Å². The number of aliphatic imine (C=N–C) groups is 1. The van der Waals surface area contributed by atoms with Gasteiger partial charge in [-0.3, -0.25) is 9.59 Å². The molecule has 2 aliphatic heterocycles. The Bertz CT molecular complexity index is 633. The van der Waals surface area contributed by atoms with Gasteiger partial charge in [0.15, 0.2) is 12.5 Å². The first-order valence-electron chi connectivity index (χ1n) is 6.93. The molecular weight excluding hydrogens is 288 g/mol. The van der Waals surface area contributed by atoms with Crippen molar-refractivity contribution in [3.05, 3.63) is 11.3 Å². The van der Waals surface area contributed by atoms with Gasteiger partial charge in [-0.1, -0.05) is 6.92 Å². The van der Waals surface area contributed by atoms with Crippen LogP contribution in [-0.2, 0) is 14.3 Å². The number of nitrogens with zero attached hydrogens (tertiary/aromatic N) is 3. The van der Waals surface area contributed by atoms with E-state index in [1.54, 1.807) is 6.21 Å². The number of carbonyl (C=O) groups excluding carboxylic acids is 3. The number of amides is 4. The summed E-state index contributed by atoms with van der Waals surface area (Å²) in [7, 11) is 4.45. The number of allylic oxidation sites excluding steroid dienone is 1. The van der Waals surface area contributed by atoms with E-state index in [2.05, 4.69) is 10.3 Å². The van der Waals surface area contributed by atoms with E-state index in [0.717, 1.165) is 10.5 Å². The molecule has 2 heterocycles. The second-order valence-electron chi connectivity index (χ2n) is 4.94. The first-order chi connectivity index (χ1) is 10.5. The van der Waals surface area contributed by atoms with Crippen molar-refractivity contribution in [1.82, 2.24) is 10.2 Å². The van der Waals surface area contributed by atoms with Gasteiger partial charge in [-0.05, 0) is 6.42 Å². The third-order valence-corrected chi connectivity index (χ3v) is 3.75. The summed E-state index contributed by atoms with van der Waals surface area (Å²) in [5.41, 5.74) is 0.798. The summed E-state index contributed by atoms with van der Waals surface area (Å²) in [6.45, 7) is 1.60. The van der Waals surface area contributed by atoms with Crippen LogP contribution in [0.4, 0.5) is 4.79 Å². The lowest BCUT2D eigenvalue weighted by molar-refractivity contribution is -0.408. The van der Waals surface area contributed by atoms with E-state index in [9.17, 15) is 14.4 Å². The average molecular weight is 307 g/mol. The van der Waals surface area contributed by atoms with E-state index >= 15 is 0 Å². The summed E-state index contributed by atoms with van der Waals surface area (Å²) in [5.74, 6) is -0.925. The Morgan fingerprint density at radius 3 is 2.73 bits per heavy atom. The number of likely N-dealkylation sites (N-methyl/N-ethyl adjacent to an activating group) is 1. The Kier molecular flexibility index (Phi) is 4.39. The van der Waals surface area contributed by atoms with Crippen molar-refractivity contribution >= 4 is 29.9 Å². The molecule has 0 aromatic carbocycles. The Balaban J connectivity index is 2.51. The summed E-state index contributed by atoms with van der Waals surface area (Å²) in [4.78, 5) is 41.7. The standard InChI is InChI=1S/C14H18N4O4/c1-5-8-6-16-12-10(11(8)22-4)13(20)18(7-9(19)15-2)14(21)17(12)3/h6,10H,5,7H2,1-4H3/p+1. The smallest absolute Gasteiger partial charge is 0.446 e. The van der Waals surface area contributed by atoms with Crippen LogP contribution in [0.3, 0.4) is 0 Å². The second-order valence-corrected chi connectivity index (χ2v) is 4.94. The molecule has 1 atom stereocenters. The van der Waals surface area contributed by atoms with E-state index < -0.39 is 23.8 Å². The van der Waals surface area contributed by atoms with Crippen LogP contribution in [0.2, 0.25) is 0 Å². The lowest BCUT2D eigenvalue weighted by Crippen LogP contribution is -2.57. The summed E-state index contributed by atoms with van der Waals surface area (Å²) in [5, 5.41) is 2.40. The van der Waals surface area contributed by atoms with E-state index in [1.165, 1.54) is 25.8 Å². The van der Waals surface area contributed by atoms with Crippen LogP contribution >= 0.6 is 0 Å². The molecular formula is C14H19N4O4+.